The topological polar surface area (TPSA) is 30.7 Å². The fraction of sp³-hybridized carbons (Fsp3) is 0.0385. The number of pyridine rings is 2. The van der Waals surface area contributed by atoms with Gasteiger partial charge in [0.2, 0.25) is 0 Å². The van der Waals surface area contributed by atoms with Crippen molar-refractivity contribution in [1.82, 2.24) is 14.5 Å². The molecule has 0 fully saturated rings. The summed E-state index contributed by atoms with van der Waals surface area (Å²) in [4.78, 5) is 10.8. The summed E-state index contributed by atoms with van der Waals surface area (Å²) in [5.41, 5.74) is 15.3. The predicted molar refractivity (Wildman–Crippen MR) is 236 cm³/mol. The lowest BCUT2D eigenvalue weighted by molar-refractivity contribution is 0.640. The van der Waals surface area contributed by atoms with Gasteiger partial charge in [0.05, 0.1) is 17.4 Å². The van der Waals surface area contributed by atoms with E-state index in [1.807, 2.05) is 35.9 Å². The number of aromatic nitrogens is 3. The molecule has 1 aliphatic rings. The first-order valence-corrected chi connectivity index (χ1v) is 20.0. The number of hydrogen-bond donors (Lipinski definition) is 0. The SMILES string of the molecule is C1=CC(n2c3ccc(-c4ccccc4-c4ccccn4)cc3c3cc(-c4ccccc4-c4ccccn4)ccc32)Cc2c1sc1ccc(-c3ccccc3)cc21. The van der Waals surface area contributed by atoms with Gasteiger partial charge in [-0.25, -0.2) is 0 Å². The fourth-order valence-electron chi connectivity index (χ4n) is 8.68. The average molecular weight is 734 g/mol. The average Bonchev–Trinajstić information content (AvgIpc) is 3.81. The normalized spacial score (nSPS) is 13.8. The van der Waals surface area contributed by atoms with Crippen LogP contribution in [0.5, 0.6) is 0 Å². The molecular weight excluding hydrogens is 699 g/mol. The fourth-order valence-corrected chi connectivity index (χ4v) is 9.81. The minimum absolute atomic E-state index is 0.152. The van der Waals surface area contributed by atoms with Crippen molar-refractivity contribution in [2.75, 3.05) is 0 Å². The molecule has 1 aliphatic carbocycles. The van der Waals surface area contributed by atoms with Crippen LogP contribution in [0, 0.1) is 0 Å². The first-order chi connectivity index (χ1) is 27.8. The number of hydrogen-bond acceptors (Lipinski definition) is 3. The maximum Gasteiger partial charge on any atom is 0.0708 e. The molecule has 0 saturated carbocycles. The van der Waals surface area contributed by atoms with Crippen LogP contribution in [0.4, 0.5) is 0 Å². The second-order valence-electron chi connectivity index (χ2n) is 14.5. The van der Waals surface area contributed by atoms with E-state index in [0.29, 0.717) is 0 Å². The van der Waals surface area contributed by atoms with Gasteiger partial charge in [0.15, 0.2) is 0 Å². The molecule has 56 heavy (non-hydrogen) atoms. The minimum Gasteiger partial charge on any atom is -0.333 e. The number of benzene rings is 6. The third-order valence-corrected chi connectivity index (χ3v) is 12.5. The molecular formula is C52H35N3S. The van der Waals surface area contributed by atoms with Gasteiger partial charge in [-0.15, -0.1) is 11.3 Å². The molecule has 10 aromatic rings. The van der Waals surface area contributed by atoms with E-state index in [2.05, 4.69) is 174 Å². The van der Waals surface area contributed by atoms with Gasteiger partial charge in [-0.2, -0.15) is 0 Å². The molecule has 0 aliphatic heterocycles. The molecule has 4 aromatic heterocycles. The third-order valence-electron chi connectivity index (χ3n) is 11.3. The second-order valence-corrected chi connectivity index (χ2v) is 15.6. The summed E-state index contributed by atoms with van der Waals surface area (Å²) in [6, 6.07) is 61.4. The van der Waals surface area contributed by atoms with Crippen LogP contribution >= 0.6 is 11.3 Å². The van der Waals surface area contributed by atoms with Crippen LogP contribution in [0.25, 0.3) is 93.9 Å². The van der Waals surface area contributed by atoms with Crippen molar-refractivity contribution < 1.29 is 0 Å². The Hall–Kier alpha value is -6.88. The highest BCUT2D eigenvalue weighted by Gasteiger charge is 2.25. The highest BCUT2D eigenvalue weighted by atomic mass is 32.1. The quantitative estimate of drug-likeness (QED) is 0.170. The monoisotopic (exact) mass is 733 g/mol. The highest BCUT2D eigenvalue weighted by molar-refractivity contribution is 7.20. The van der Waals surface area contributed by atoms with Crippen molar-refractivity contribution in [3.05, 3.63) is 199 Å². The van der Waals surface area contributed by atoms with Crippen LogP contribution < -0.4 is 0 Å². The van der Waals surface area contributed by atoms with E-state index in [1.54, 1.807) is 0 Å². The minimum atomic E-state index is 0.152. The summed E-state index contributed by atoms with van der Waals surface area (Å²) in [5, 5.41) is 3.85. The summed E-state index contributed by atoms with van der Waals surface area (Å²) in [6.45, 7) is 0. The molecule has 3 nitrogen and oxygen atoms in total. The molecule has 0 radical (unpaired) electrons. The summed E-state index contributed by atoms with van der Waals surface area (Å²) in [5.74, 6) is 0. The van der Waals surface area contributed by atoms with Crippen LogP contribution in [0.3, 0.4) is 0 Å². The molecule has 0 spiro atoms. The summed E-state index contributed by atoms with van der Waals surface area (Å²) >= 11 is 1.90. The van der Waals surface area contributed by atoms with Gasteiger partial charge < -0.3 is 4.57 Å². The van der Waals surface area contributed by atoms with Gasteiger partial charge >= 0.3 is 0 Å². The Morgan fingerprint density at radius 1 is 0.464 bits per heavy atom. The van der Waals surface area contributed by atoms with Gasteiger partial charge in [-0.05, 0) is 117 Å². The first-order valence-electron chi connectivity index (χ1n) is 19.2. The Bertz CT molecular complexity index is 2960. The van der Waals surface area contributed by atoms with Crippen molar-refractivity contribution in [1.29, 1.82) is 0 Å². The standard InChI is InChI=1S/C52H35N3S/c1-2-12-34(13-3-1)35-22-26-51-45(30-35)46-33-38(23-27-52(46)56-51)55-49-24-20-36(39-14-4-6-16-41(39)47-18-8-10-28-53-47)31-43(49)44-32-37(21-25-50(44)55)40-15-5-7-17-42(40)48-19-9-11-29-54-48/h1-32,38H,33H2. The number of nitrogens with zero attached hydrogens (tertiary/aromatic N) is 3. The van der Waals surface area contributed by atoms with Crippen molar-refractivity contribution in [2.45, 2.75) is 12.5 Å². The Balaban J connectivity index is 1.10. The second kappa shape index (κ2) is 13.5. The lowest BCUT2D eigenvalue weighted by Gasteiger charge is -2.22. The van der Waals surface area contributed by atoms with Crippen LogP contribution in [0.2, 0.25) is 0 Å². The van der Waals surface area contributed by atoms with Crippen LogP contribution in [0.15, 0.2) is 188 Å². The molecule has 4 heterocycles. The molecule has 11 rings (SSSR count). The molecule has 1 atom stereocenters. The van der Waals surface area contributed by atoms with E-state index in [-0.39, 0.29) is 6.04 Å². The number of thiophene rings is 1. The van der Waals surface area contributed by atoms with E-state index < -0.39 is 0 Å². The zero-order valence-electron chi connectivity index (χ0n) is 30.5. The van der Waals surface area contributed by atoms with Gasteiger partial charge in [-0.3, -0.25) is 9.97 Å². The molecule has 0 amide bonds. The zero-order valence-corrected chi connectivity index (χ0v) is 31.3. The van der Waals surface area contributed by atoms with E-state index in [0.717, 1.165) is 28.9 Å². The van der Waals surface area contributed by atoms with Crippen molar-refractivity contribution in [2.24, 2.45) is 0 Å². The van der Waals surface area contributed by atoms with E-state index in [1.165, 1.54) is 75.7 Å². The lowest BCUT2D eigenvalue weighted by atomic mass is 9.94. The van der Waals surface area contributed by atoms with E-state index in [9.17, 15) is 0 Å². The molecule has 0 saturated heterocycles. The summed E-state index contributed by atoms with van der Waals surface area (Å²) in [7, 11) is 0. The largest absolute Gasteiger partial charge is 0.333 e. The molecule has 6 aromatic carbocycles. The van der Waals surface area contributed by atoms with Crippen LogP contribution in [0.1, 0.15) is 16.5 Å². The van der Waals surface area contributed by atoms with Crippen molar-refractivity contribution >= 4 is 49.3 Å². The highest BCUT2D eigenvalue weighted by Crippen LogP contribution is 2.44. The number of fused-ring (bicyclic) bond motifs is 6. The van der Waals surface area contributed by atoms with E-state index >= 15 is 0 Å². The summed E-state index contributed by atoms with van der Waals surface area (Å²) < 4.78 is 3.92. The third kappa shape index (κ3) is 5.49. The zero-order chi connectivity index (χ0) is 37.0. The maximum absolute atomic E-state index is 4.73. The van der Waals surface area contributed by atoms with Crippen LogP contribution in [-0.2, 0) is 6.42 Å². The Morgan fingerprint density at radius 3 is 1.59 bits per heavy atom. The molecule has 0 N–H and O–H groups in total. The van der Waals surface area contributed by atoms with Crippen molar-refractivity contribution in [3.8, 4) is 55.9 Å². The number of allylic oxidation sites excluding steroid dienone is 1. The molecule has 4 heteroatoms. The Labute approximate surface area is 329 Å². The predicted octanol–water partition coefficient (Wildman–Crippen LogP) is 13.9. The lowest BCUT2D eigenvalue weighted by Crippen LogP contribution is -2.12. The van der Waals surface area contributed by atoms with Gasteiger partial charge in [0.25, 0.3) is 0 Å². The smallest absolute Gasteiger partial charge is 0.0708 e. The molecule has 264 valence electrons. The number of rotatable bonds is 6. The summed E-state index contributed by atoms with van der Waals surface area (Å²) in [6.07, 6.45) is 9.45. The molecule has 0 bridgehead atoms. The van der Waals surface area contributed by atoms with Crippen molar-refractivity contribution in [3.63, 3.8) is 0 Å². The Kier molecular flexibility index (Phi) is 7.82. The Morgan fingerprint density at radius 2 is 1.00 bits per heavy atom. The van der Waals surface area contributed by atoms with Crippen LogP contribution in [-0.4, -0.2) is 14.5 Å². The first kappa shape index (κ1) is 32.5. The van der Waals surface area contributed by atoms with E-state index in [4.69, 9.17) is 9.97 Å². The van der Waals surface area contributed by atoms with Gasteiger partial charge in [0.1, 0.15) is 0 Å². The van der Waals surface area contributed by atoms with Gasteiger partial charge in [-0.1, -0.05) is 115 Å². The maximum atomic E-state index is 4.73. The van der Waals surface area contributed by atoms with Gasteiger partial charge in [0, 0.05) is 54.9 Å². The molecule has 1 unspecified atom stereocenters.